The number of ether oxygens (including phenoxy) is 1. The summed E-state index contributed by atoms with van der Waals surface area (Å²) in [6, 6.07) is 0.218. The van der Waals surface area contributed by atoms with Crippen LogP contribution in [0.4, 0.5) is 0 Å². The summed E-state index contributed by atoms with van der Waals surface area (Å²) < 4.78 is 6.52. The van der Waals surface area contributed by atoms with E-state index in [0.29, 0.717) is 29.8 Å². The van der Waals surface area contributed by atoms with Crippen molar-refractivity contribution in [2.24, 2.45) is 0 Å². The molecule has 1 aliphatic rings. The van der Waals surface area contributed by atoms with Crippen molar-refractivity contribution in [3.8, 4) is 17.4 Å². The molecular formula is C13H14N4O4. The molecule has 2 aromatic rings. The molecule has 2 heterocycles. The average molecular weight is 290 g/mol. The molecule has 0 aromatic carbocycles. The summed E-state index contributed by atoms with van der Waals surface area (Å²) in [4.78, 5) is 19.7. The first-order valence-electron chi connectivity index (χ1n) is 6.49. The van der Waals surface area contributed by atoms with Gasteiger partial charge >= 0.3 is 12.0 Å². The topological polar surface area (TPSA) is 110 Å². The third kappa shape index (κ3) is 2.13. The Bertz CT molecular complexity index is 710. The largest absolute Gasteiger partial charge is 0.476 e. The molecule has 21 heavy (non-hydrogen) atoms. The van der Waals surface area contributed by atoms with Crippen molar-refractivity contribution in [1.82, 2.24) is 19.7 Å². The molecular weight excluding hydrogens is 276 g/mol. The van der Waals surface area contributed by atoms with Gasteiger partial charge in [-0.1, -0.05) is 0 Å². The molecule has 3 rings (SSSR count). The van der Waals surface area contributed by atoms with E-state index >= 15 is 0 Å². The molecule has 0 unspecified atom stereocenters. The molecule has 1 aliphatic carbocycles. The second-order valence-corrected chi connectivity index (χ2v) is 4.66. The van der Waals surface area contributed by atoms with Gasteiger partial charge in [-0.15, -0.1) is 0 Å². The number of aliphatic hydroxyl groups is 1. The number of carbonyl (C=O) groups is 1. The number of hydrogen-bond donors (Lipinski definition) is 2. The Labute approximate surface area is 120 Å². The molecule has 0 saturated heterocycles. The minimum absolute atomic E-state index is 0.0154. The Hall–Kier alpha value is -2.48. The van der Waals surface area contributed by atoms with Crippen LogP contribution in [0.2, 0.25) is 0 Å². The number of aromatic carboxylic acids is 1. The summed E-state index contributed by atoms with van der Waals surface area (Å²) in [7, 11) is 1.47. The van der Waals surface area contributed by atoms with E-state index in [2.05, 4.69) is 15.1 Å². The van der Waals surface area contributed by atoms with Gasteiger partial charge in [-0.25, -0.2) is 9.78 Å². The van der Waals surface area contributed by atoms with Crippen LogP contribution >= 0.6 is 0 Å². The van der Waals surface area contributed by atoms with Crippen molar-refractivity contribution in [1.29, 1.82) is 0 Å². The van der Waals surface area contributed by atoms with Gasteiger partial charge in [-0.3, -0.25) is 4.68 Å². The van der Waals surface area contributed by atoms with Crippen LogP contribution in [0.5, 0.6) is 6.01 Å². The van der Waals surface area contributed by atoms with Crippen molar-refractivity contribution < 1.29 is 19.7 Å². The minimum Gasteiger partial charge on any atom is -0.476 e. The lowest BCUT2D eigenvalue weighted by atomic mass is 9.93. The van der Waals surface area contributed by atoms with Gasteiger partial charge in [0.05, 0.1) is 31.6 Å². The van der Waals surface area contributed by atoms with E-state index in [0.717, 1.165) is 5.56 Å². The zero-order valence-corrected chi connectivity index (χ0v) is 11.4. The van der Waals surface area contributed by atoms with Gasteiger partial charge in [0.15, 0.2) is 5.69 Å². The standard InChI is InChI=1S/C13H14N4O4/c1-21-13-14-6-7-2-3-8-10(12(19)20)16-17(4-5-18)11(8)9(7)15-13/h6,18H,2-5H2,1H3,(H,19,20). The number of methoxy groups -OCH3 is 1. The van der Waals surface area contributed by atoms with E-state index in [-0.39, 0.29) is 24.9 Å². The molecule has 0 saturated carbocycles. The van der Waals surface area contributed by atoms with E-state index < -0.39 is 5.97 Å². The molecule has 2 aromatic heterocycles. The van der Waals surface area contributed by atoms with Gasteiger partial charge in [0.25, 0.3) is 0 Å². The molecule has 110 valence electrons. The first-order valence-corrected chi connectivity index (χ1v) is 6.49. The third-order valence-electron chi connectivity index (χ3n) is 3.46. The minimum atomic E-state index is -1.08. The molecule has 0 aliphatic heterocycles. The predicted molar refractivity (Wildman–Crippen MR) is 71.3 cm³/mol. The Morgan fingerprint density at radius 3 is 2.95 bits per heavy atom. The van der Waals surface area contributed by atoms with E-state index in [1.54, 1.807) is 6.20 Å². The second-order valence-electron chi connectivity index (χ2n) is 4.66. The zero-order chi connectivity index (χ0) is 15.0. The molecule has 0 radical (unpaired) electrons. The fraction of sp³-hybridized carbons (Fsp3) is 0.385. The smallest absolute Gasteiger partial charge is 0.356 e. The highest BCUT2D eigenvalue weighted by atomic mass is 16.5. The van der Waals surface area contributed by atoms with Crippen molar-refractivity contribution >= 4 is 5.97 Å². The molecule has 8 heteroatoms. The summed E-state index contributed by atoms with van der Waals surface area (Å²) in [6.07, 6.45) is 2.89. The maximum absolute atomic E-state index is 11.3. The van der Waals surface area contributed by atoms with Crippen LogP contribution in [0.3, 0.4) is 0 Å². The zero-order valence-electron chi connectivity index (χ0n) is 11.4. The molecule has 0 fully saturated rings. The monoisotopic (exact) mass is 290 g/mol. The van der Waals surface area contributed by atoms with Crippen LogP contribution in [-0.2, 0) is 19.4 Å². The fourth-order valence-electron chi connectivity index (χ4n) is 2.57. The van der Waals surface area contributed by atoms with Crippen molar-refractivity contribution in [3.05, 3.63) is 23.0 Å². The van der Waals surface area contributed by atoms with Gasteiger partial charge in [0.1, 0.15) is 0 Å². The Balaban J connectivity index is 2.24. The van der Waals surface area contributed by atoms with Crippen molar-refractivity contribution in [2.75, 3.05) is 13.7 Å². The first-order chi connectivity index (χ1) is 10.2. The van der Waals surface area contributed by atoms with Crippen LogP contribution in [0.1, 0.15) is 21.6 Å². The highest BCUT2D eigenvalue weighted by molar-refractivity contribution is 5.90. The second kappa shape index (κ2) is 5.13. The summed E-state index contributed by atoms with van der Waals surface area (Å²) in [5.41, 5.74) is 2.82. The maximum Gasteiger partial charge on any atom is 0.356 e. The Morgan fingerprint density at radius 1 is 1.48 bits per heavy atom. The number of aromatic nitrogens is 4. The number of aliphatic hydroxyl groups excluding tert-OH is 1. The number of fused-ring (bicyclic) bond motifs is 3. The quantitative estimate of drug-likeness (QED) is 0.823. The summed E-state index contributed by atoms with van der Waals surface area (Å²) in [5, 5.41) is 22.5. The Kier molecular flexibility index (Phi) is 3.30. The normalized spacial score (nSPS) is 12.7. The summed E-state index contributed by atoms with van der Waals surface area (Å²) in [5.74, 6) is -1.08. The third-order valence-corrected chi connectivity index (χ3v) is 3.46. The lowest BCUT2D eigenvalue weighted by molar-refractivity contribution is 0.0688. The summed E-state index contributed by atoms with van der Waals surface area (Å²) in [6.45, 7) is 0.0755. The van der Waals surface area contributed by atoms with E-state index in [1.807, 2.05) is 0 Å². The first kappa shape index (κ1) is 13.5. The van der Waals surface area contributed by atoms with Crippen LogP contribution in [0.15, 0.2) is 6.20 Å². The number of carboxylic acid groups (broad SMARTS) is 1. The van der Waals surface area contributed by atoms with Crippen molar-refractivity contribution in [2.45, 2.75) is 19.4 Å². The summed E-state index contributed by atoms with van der Waals surface area (Å²) >= 11 is 0. The van der Waals surface area contributed by atoms with Gasteiger partial charge < -0.3 is 14.9 Å². The number of rotatable bonds is 4. The number of nitrogens with zero attached hydrogens (tertiary/aromatic N) is 4. The average Bonchev–Trinajstić information content (AvgIpc) is 2.86. The Morgan fingerprint density at radius 2 is 2.29 bits per heavy atom. The highest BCUT2D eigenvalue weighted by Gasteiger charge is 2.29. The van der Waals surface area contributed by atoms with E-state index in [4.69, 9.17) is 9.84 Å². The van der Waals surface area contributed by atoms with Crippen LogP contribution in [0.25, 0.3) is 11.4 Å². The highest BCUT2D eigenvalue weighted by Crippen LogP contribution is 2.34. The van der Waals surface area contributed by atoms with Crippen LogP contribution in [0, 0.1) is 0 Å². The number of carboxylic acids is 1. The molecule has 0 amide bonds. The van der Waals surface area contributed by atoms with Gasteiger partial charge in [-0.2, -0.15) is 10.1 Å². The molecule has 0 atom stereocenters. The van der Waals surface area contributed by atoms with E-state index in [1.165, 1.54) is 11.8 Å². The fourth-order valence-corrected chi connectivity index (χ4v) is 2.57. The number of hydrogen-bond acceptors (Lipinski definition) is 6. The SMILES string of the molecule is COc1ncc2c(n1)-c1c(c(C(=O)O)nn1CCO)CC2. The van der Waals surface area contributed by atoms with Crippen molar-refractivity contribution in [3.63, 3.8) is 0 Å². The molecule has 2 N–H and O–H groups in total. The van der Waals surface area contributed by atoms with Crippen LogP contribution < -0.4 is 4.74 Å². The maximum atomic E-state index is 11.3. The lowest BCUT2D eigenvalue weighted by Gasteiger charge is -2.17. The van der Waals surface area contributed by atoms with Crippen LogP contribution in [-0.4, -0.2) is 49.6 Å². The molecule has 0 spiro atoms. The van der Waals surface area contributed by atoms with E-state index in [9.17, 15) is 9.90 Å². The predicted octanol–water partition coefficient (Wildman–Crippen LogP) is 0.138. The molecule has 8 nitrogen and oxygen atoms in total. The lowest BCUT2D eigenvalue weighted by Crippen LogP contribution is -2.12. The van der Waals surface area contributed by atoms with Gasteiger partial charge in [-0.05, 0) is 18.4 Å². The molecule has 0 bridgehead atoms. The van der Waals surface area contributed by atoms with Gasteiger partial charge in [0, 0.05) is 11.8 Å². The van der Waals surface area contributed by atoms with Gasteiger partial charge in [0.2, 0.25) is 0 Å². The number of aryl methyl sites for hydroxylation is 1.